The van der Waals surface area contributed by atoms with Crippen LogP contribution in [-0.2, 0) is 9.53 Å². The van der Waals surface area contributed by atoms with E-state index >= 15 is 0 Å². The lowest BCUT2D eigenvalue weighted by atomic mass is 10.1. The Morgan fingerprint density at radius 2 is 1.88 bits per heavy atom. The Balaban J connectivity index is 4.89. The van der Waals surface area contributed by atoms with E-state index in [1.54, 1.807) is 54.1 Å². The van der Waals surface area contributed by atoms with Crippen molar-refractivity contribution >= 4 is 12.0 Å². The minimum atomic E-state index is -0.789. The number of rotatable bonds is 7. The number of likely N-dealkylation sites (N-methyl/N-ethyl adjacent to an activating group) is 1. The first-order chi connectivity index (χ1) is 11.0. The Kier molecular flexibility index (Phi) is 9.13. The Bertz CT molecular complexity index is 493. The molecule has 138 valence electrons. The van der Waals surface area contributed by atoms with Gasteiger partial charge in [0.1, 0.15) is 5.60 Å². The summed E-state index contributed by atoms with van der Waals surface area (Å²) in [4.78, 5) is 24.5. The van der Waals surface area contributed by atoms with Gasteiger partial charge in [-0.25, -0.2) is 4.79 Å². The molecule has 0 spiro atoms. The first-order valence-electron chi connectivity index (χ1n) is 7.89. The van der Waals surface area contributed by atoms with Crippen molar-refractivity contribution in [2.24, 2.45) is 0 Å². The summed E-state index contributed by atoms with van der Waals surface area (Å²) in [6, 6.07) is 0. The first-order valence-corrected chi connectivity index (χ1v) is 7.89. The largest absolute Gasteiger partial charge is 0.444 e. The zero-order valence-electron chi connectivity index (χ0n) is 15.8. The number of aliphatic hydroxyl groups excluding tert-OH is 1. The first kappa shape index (κ1) is 22.0. The van der Waals surface area contributed by atoms with Crippen molar-refractivity contribution in [2.45, 2.75) is 52.7 Å². The van der Waals surface area contributed by atoms with Crippen molar-refractivity contribution in [2.75, 3.05) is 20.6 Å². The molecule has 0 rings (SSSR count). The molecule has 0 heterocycles. The van der Waals surface area contributed by atoms with Gasteiger partial charge in [0.05, 0.1) is 6.10 Å². The van der Waals surface area contributed by atoms with Gasteiger partial charge in [-0.15, -0.1) is 0 Å². The fourth-order valence-corrected chi connectivity index (χ4v) is 1.92. The summed E-state index contributed by atoms with van der Waals surface area (Å²) in [5.74, 6) is -0.178. The number of hydrogen-bond donors (Lipinski definition) is 3. The highest BCUT2D eigenvalue weighted by Gasteiger charge is 2.21. The molecule has 0 aromatic carbocycles. The quantitative estimate of drug-likeness (QED) is 0.614. The van der Waals surface area contributed by atoms with E-state index in [2.05, 4.69) is 10.6 Å². The number of hydrogen-bond acceptors (Lipinski definition) is 5. The predicted octanol–water partition coefficient (Wildman–Crippen LogP) is 1.75. The minimum Gasteiger partial charge on any atom is -0.444 e. The van der Waals surface area contributed by atoms with Gasteiger partial charge in [0, 0.05) is 39.7 Å². The molecule has 1 atom stereocenters. The van der Waals surface area contributed by atoms with Gasteiger partial charge in [0.25, 0.3) is 0 Å². The maximum atomic E-state index is 11.9. The zero-order valence-corrected chi connectivity index (χ0v) is 15.8. The summed E-state index contributed by atoms with van der Waals surface area (Å²) >= 11 is 0. The summed E-state index contributed by atoms with van der Waals surface area (Å²) in [5.41, 5.74) is 0.844. The molecule has 0 bridgehead atoms. The third kappa shape index (κ3) is 9.89. The van der Waals surface area contributed by atoms with Gasteiger partial charge in [-0.3, -0.25) is 4.79 Å². The van der Waals surface area contributed by atoms with Crippen molar-refractivity contribution in [1.82, 2.24) is 15.5 Å². The monoisotopic (exact) mass is 341 g/mol. The molecular weight excluding hydrogens is 310 g/mol. The minimum absolute atomic E-state index is 0.124. The molecule has 0 aliphatic rings. The lowest BCUT2D eigenvalue weighted by molar-refractivity contribution is -0.118. The lowest BCUT2D eigenvalue weighted by Gasteiger charge is -2.26. The molecule has 0 radical (unpaired) electrons. The number of aliphatic hydroxyl groups is 1. The second kappa shape index (κ2) is 9.97. The van der Waals surface area contributed by atoms with Crippen LogP contribution >= 0.6 is 0 Å². The number of carbonyl (C=O) groups is 2. The van der Waals surface area contributed by atoms with Gasteiger partial charge in [0.2, 0.25) is 5.91 Å². The Labute approximate surface area is 144 Å². The molecule has 1 unspecified atom stereocenters. The van der Waals surface area contributed by atoms with Gasteiger partial charge in [0.15, 0.2) is 0 Å². The van der Waals surface area contributed by atoms with Gasteiger partial charge >= 0.3 is 6.09 Å². The standard InChI is InChI=1S/C17H31N3O4/c1-12(19-13(2)21)14(8-9-18-6)10-15(22)11-20(7)16(23)24-17(3,4)5/h8-9,15,18,22H,10-11H2,1-7H3,(H,19,21)/b9-8-,14-12-. The van der Waals surface area contributed by atoms with Crippen molar-refractivity contribution in [3.63, 3.8) is 0 Å². The summed E-state index contributed by atoms with van der Waals surface area (Å²) in [6.07, 6.45) is 2.50. The SMILES string of the molecule is CN/C=C\C(CC(O)CN(C)C(=O)OC(C)(C)C)=C(/C)NC(C)=O. The van der Waals surface area contributed by atoms with Crippen molar-refractivity contribution in [3.8, 4) is 0 Å². The van der Waals surface area contributed by atoms with E-state index in [1.807, 2.05) is 0 Å². The highest BCUT2D eigenvalue weighted by Crippen LogP contribution is 2.14. The number of nitrogens with zero attached hydrogens (tertiary/aromatic N) is 1. The van der Waals surface area contributed by atoms with E-state index in [4.69, 9.17) is 4.74 Å². The number of ether oxygens (including phenoxy) is 1. The third-order valence-corrected chi connectivity index (χ3v) is 2.94. The molecule has 24 heavy (non-hydrogen) atoms. The van der Waals surface area contributed by atoms with Gasteiger partial charge in [-0.2, -0.15) is 0 Å². The zero-order chi connectivity index (χ0) is 18.9. The highest BCUT2D eigenvalue weighted by atomic mass is 16.6. The van der Waals surface area contributed by atoms with Gasteiger partial charge in [-0.1, -0.05) is 0 Å². The topological polar surface area (TPSA) is 90.9 Å². The number of allylic oxidation sites excluding steroid dienone is 2. The second-order valence-corrected chi connectivity index (χ2v) is 6.67. The fraction of sp³-hybridized carbons (Fsp3) is 0.647. The molecule has 7 heteroatoms. The van der Waals surface area contributed by atoms with Crippen LogP contribution in [0.15, 0.2) is 23.5 Å². The average Bonchev–Trinajstić information content (AvgIpc) is 2.40. The maximum Gasteiger partial charge on any atom is 0.410 e. The molecule has 0 saturated heterocycles. The van der Waals surface area contributed by atoms with E-state index in [9.17, 15) is 14.7 Å². The van der Waals surface area contributed by atoms with Crippen molar-refractivity contribution in [3.05, 3.63) is 23.5 Å². The van der Waals surface area contributed by atoms with E-state index < -0.39 is 17.8 Å². The number of amides is 2. The van der Waals surface area contributed by atoms with Gasteiger partial charge in [-0.05, 0) is 45.5 Å². The van der Waals surface area contributed by atoms with Crippen molar-refractivity contribution < 1.29 is 19.4 Å². The molecular formula is C17H31N3O4. The number of carbonyl (C=O) groups excluding carboxylic acids is 2. The molecule has 3 N–H and O–H groups in total. The molecule has 0 aromatic heterocycles. The smallest absolute Gasteiger partial charge is 0.410 e. The van der Waals surface area contributed by atoms with E-state index in [1.165, 1.54) is 11.8 Å². The van der Waals surface area contributed by atoms with Crippen LogP contribution in [0.1, 0.15) is 41.0 Å². The van der Waals surface area contributed by atoms with Crippen LogP contribution in [0.5, 0.6) is 0 Å². The Morgan fingerprint density at radius 3 is 2.33 bits per heavy atom. The molecule has 0 saturated carbocycles. The summed E-state index contributed by atoms with van der Waals surface area (Å²) in [7, 11) is 3.33. The molecule has 0 aliphatic carbocycles. The summed E-state index contributed by atoms with van der Waals surface area (Å²) in [5, 5.41) is 15.8. The van der Waals surface area contributed by atoms with Crippen molar-refractivity contribution in [1.29, 1.82) is 0 Å². The Hall–Kier alpha value is -2.02. The van der Waals surface area contributed by atoms with Crippen LogP contribution in [0.4, 0.5) is 4.79 Å². The van der Waals surface area contributed by atoms with Crippen LogP contribution in [0, 0.1) is 0 Å². The van der Waals surface area contributed by atoms with Crippen LogP contribution in [0.3, 0.4) is 0 Å². The van der Waals surface area contributed by atoms with E-state index in [-0.39, 0.29) is 18.9 Å². The molecule has 0 aliphatic heterocycles. The molecule has 7 nitrogen and oxygen atoms in total. The van der Waals surface area contributed by atoms with E-state index in [0.717, 1.165) is 5.57 Å². The van der Waals surface area contributed by atoms with Crippen LogP contribution < -0.4 is 10.6 Å². The Morgan fingerprint density at radius 1 is 1.29 bits per heavy atom. The predicted molar refractivity (Wildman–Crippen MR) is 94.2 cm³/mol. The van der Waals surface area contributed by atoms with Crippen LogP contribution in [0.25, 0.3) is 0 Å². The highest BCUT2D eigenvalue weighted by molar-refractivity contribution is 5.75. The maximum absolute atomic E-state index is 11.9. The number of nitrogens with one attached hydrogen (secondary N) is 2. The normalized spacial score (nSPS) is 14.0. The molecule has 0 aromatic rings. The fourth-order valence-electron chi connectivity index (χ4n) is 1.92. The van der Waals surface area contributed by atoms with Gasteiger partial charge < -0.3 is 25.4 Å². The molecule has 2 amide bonds. The van der Waals surface area contributed by atoms with Crippen LogP contribution in [-0.4, -0.2) is 54.4 Å². The van der Waals surface area contributed by atoms with E-state index in [0.29, 0.717) is 5.70 Å². The molecule has 0 fully saturated rings. The average molecular weight is 341 g/mol. The third-order valence-electron chi connectivity index (χ3n) is 2.94. The summed E-state index contributed by atoms with van der Waals surface area (Å²) < 4.78 is 5.25. The lowest BCUT2D eigenvalue weighted by Crippen LogP contribution is -2.38. The summed E-state index contributed by atoms with van der Waals surface area (Å²) in [6.45, 7) is 8.68. The second-order valence-electron chi connectivity index (χ2n) is 6.67. The van der Waals surface area contributed by atoms with Crippen LogP contribution in [0.2, 0.25) is 0 Å².